The summed E-state index contributed by atoms with van der Waals surface area (Å²) < 4.78 is 10.6. The predicted molar refractivity (Wildman–Crippen MR) is 101 cm³/mol. The third kappa shape index (κ3) is 5.24. The highest BCUT2D eigenvalue weighted by Gasteiger charge is 2.15. The minimum Gasteiger partial charge on any atom is -0.497 e. The molecule has 0 aliphatic heterocycles. The number of hydrogen-bond acceptors (Lipinski definition) is 4. The summed E-state index contributed by atoms with van der Waals surface area (Å²) in [6.07, 6.45) is 0.247. The van der Waals surface area contributed by atoms with E-state index in [2.05, 4.69) is 10.6 Å². The molecule has 0 spiro atoms. The maximum absolute atomic E-state index is 12.4. The van der Waals surface area contributed by atoms with E-state index in [0.29, 0.717) is 17.2 Å². The van der Waals surface area contributed by atoms with Crippen LogP contribution in [0.15, 0.2) is 42.5 Å². The number of methoxy groups -OCH3 is 2. The van der Waals surface area contributed by atoms with Gasteiger partial charge in [0.25, 0.3) is 0 Å². The van der Waals surface area contributed by atoms with Gasteiger partial charge in [-0.3, -0.25) is 9.59 Å². The number of carbonyl (C=O) groups excluding carboxylic acids is 2. The fourth-order valence-corrected chi connectivity index (χ4v) is 2.64. The molecule has 0 aliphatic carbocycles. The largest absolute Gasteiger partial charge is 0.497 e. The molecular formula is C20H24N2O4. The molecule has 0 aromatic heterocycles. The fraction of sp³-hybridized carbons (Fsp3) is 0.300. The zero-order chi connectivity index (χ0) is 19.1. The topological polar surface area (TPSA) is 76.7 Å². The van der Waals surface area contributed by atoms with Crippen LogP contribution < -0.4 is 20.1 Å². The average molecular weight is 356 g/mol. The first kappa shape index (κ1) is 19.3. The number of nitrogens with one attached hydrogen (secondary N) is 2. The van der Waals surface area contributed by atoms with Gasteiger partial charge in [-0.05, 0) is 42.8 Å². The summed E-state index contributed by atoms with van der Waals surface area (Å²) in [5.41, 5.74) is 2.42. The van der Waals surface area contributed by atoms with Crippen molar-refractivity contribution in [1.29, 1.82) is 0 Å². The SMILES string of the molecule is COc1ccc(OC)c(C(C)NC(=O)Cc2ccc(NC(C)=O)cc2)c1. The van der Waals surface area contributed by atoms with Crippen LogP contribution in [0.3, 0.4) is 0 Å². The van der Waals surface area contributed by atoms with Gasteiger partial charge in [-0.15, -0.1) is 0 Å². The highest BCUT2D eigenvalue weighted by Crippen LogP contribution is 2.29. The fourth-order valence-electron chi connectivity index (χ4n) is 2.64. The molecule has 1 atom stereocenters. The van der Waals surface area contributed by atoms with Gasteiger partial charge in [-0.25, -0.2) is 0 Å². The van der Waals surface area contributed by atoms with Crippen LogP contribution in [0.5, 0.6) is 11.5 Å². The number of hydrogen-bond donors (Lipinski definition) is 2. The van der Waals surface area contributed by atoms with Crippen LogP contribution in [-0.2, 0) is 16.0 Å². The van der Waals surface area contributed by atoms with Gasteiger partial charge in [0.15, 0.2) is 0 Å². The number of amides is 2. The first-order valence-corrected chi connectivity index (χ1v) is 8.30. The van der Waals surface area contributed by atoms with Crippen molar-refractivity contribution in [2.45, 2.75) is 26.3 Å². The summed E-state index contributed by atoms with van der Waals surface area (Å²) in [6, 6.07) is 12.4. The molecular weight excluding hydrogens is 332 g/mol. The molecule has 0 heterocycles. The lowest BCUT2D eigenvalue weighted by molar-refractivity contribution is -0.121. The lowest BCUT2D eigenvalue weighted by atomic mass is 10.1. The summed E-state index contributed by atoms with van der Waals surface area (Å²) >= 11 is 0. The van der Waals surface area contributed by atoms with E-state index in [0.717, 1.165) is 11.1 Å². The van der Waals surface area contributed by atoms with Crippen LogP contribution in [0.4, 0.5) is 5.69 Å². The van der Waals surface area contributed by atoms with Crippen LogP contribution in [0, 0.1) is 0 Å². The molecule has 2 aromatic carbocycles. The molecule has 2 amide bonds. The average Bonchev–Trinajstić information content (AvgIpc) is 2.62. The summed E-state index contributed by atoms with van der Waals surface area (Å²) in [5, 5.41) is 5.67. The van der Waals surface area contributed by atoms with Gasteiger partial charge < -0.3 is 20.1 Å². The van der Waals surface area contributed by atoms with E-state index in [4.69, 9.17) is 9.47 Å². The summed E-state index contributed by atoms with van der Waals surface area (Å²) in [7, 11) is 3.19. The van der Waals surface area contributed by atoms with Crippen LogP contribution >= 0.6 is 0 Å². The second-order valence-corrected chi connectivity index (χ2v) is 5.95. The Bertz CT molecular complexity index is 772. The Morgan fingerprint density at radius 2 is 1.73 bits per heavy atom. The van der Waals surface area contributed by atoms with Gasteiger partial charge in [0.1, 0.15) is 11.5 Å². The quantitative estimate of drug-likeness (QED) is 0.799. The predicted octanol–water partition coefficient (Wildman–Crippen LogP) is 3.08. The molecule has 6 heteroatoms. The van der Waals surface area contributed by atoms with Gasteiger partial charge in [0, 0.05) is 18.2 Å². The smallest absolute Gasteiger partial charge is 0.224 e. The van der Waals surface area contributed by atoms with E-state index in [1.807, 2.05) is 37.3 Å². The third-order valence-electron chi connectivity index (χ3n) is 3.92. The summed E-state index contributed by atoms with van der Waals surface area (Å²) in [4.78, 5) is 23.4. The Kier molecular flexibility index (Phi) is 6.60. The third-order valence-corrected chi connectivity index (χ3v) is 3.92. The van der Waals surface area contributed by atoms with E-state index in [9.17, 15) is 9.59 Å². The normalized spacial score (nSPS) is 11.4. The van der Waals surface area contributed by atoms with Gasteiger partial charge in [0.05, 0.1) is 26.7 Å². The molecule has 138 valence electrons. The van der Waals surface area contributed by atoms with Crippen LogP contribution in [0.1, 0.15) is 31.0 Å². The standard InChI is InChI=1S/C20H24N2O4/c1-13(18-12-17(25-3)9-10-19(18)26-4)21-20(24)11-15-5-7-16(8-6-15)22-14(2)23/h5-10,12-13H,11H2,1-4H3,(H,21,24)(H,22,23). The monoisotopic (exact) mass is 356 g/mol. The number of ether oxygens (including phenoxy) is 2. The van der Waals surface area contributed by atoms with E-state index in [-0.39, 0.29) is 24.3 Å². The molecule has 0 bridgehead atoms. The molecule has 2 aromatic rings. The van der Waals surface area contributed by atoms with E-state index < -0.39 is 0 Å². The molecule has 1 unspecified atom stereocenters. The van der Waals surface area contributed by atoms with Gasteiger partial charge >= 0.3 is 0 Å². The van der Waals surface area contributed by atoms with Crippen molar-refractivity contribution in [2.24, 2.45) is 0 Å². The van der Waals surface area contributed by atoms with Gasteiger partial charge in [0.2, 0.25) is 11.8 Å². The van der Waals surface area contributed by atoms with E-state index in [1.165, 1.54) is 6.92 Å². The molecule has 0 radical (unpaired) electrons. The molecule has 0 fully saturated rings. The van der Waals surface area contributed by atoms with Crippen molar-refractivity contribution in [3.8, 4) is 11.5 Å². The molecule has 0 saturated heterocycles. The lowest BCUT2D eigenvalue weighted by Gasteiger charge is -2.18. The second-order valence-electron chi connectivity index (χ2n) is 5.95. The van der Waals surface area contributed by atoms with Crippen molar-refractivity contribution in [1.82, 2.24) is 5.32 Å². The van der Waals surface area contributed by atoms with Crippen molar-refractivity contribution in [3.05, 3.63) is 53.6 Å². The Labute approximate surface area is 153 Å². The number of carbonyl (C=O) groups is 2. The first-order valence-electron chi connectivity index (χ1n) is 8.30. The highest BCUT2D eigenvalue weighted by molar-refractivity contribution is 5.88. The molecule has 26 heavy (non-hydrogen) atoms. The minimum absolute atomic E-state index is 0.102. The number of rotatable bonds is 7. The zero-order valence-electron chi connectivity index (χ0n) is 15.5. The summed E-state index contributed by atoms with van der Waals surface area (Å²) in [5.74, 6) is 1.17. The lowest BCUT2D eigenvalue weighted by Crippen LogP contribution is -2.28. The van der Waals surface area contributed by atoms with Crippen molar-refractivity contribution < 1.29 is 19.1 Å². The summed E-state index contributed by atoms with van der Waals surface area (Å²) in [6.45, 7) is 3.35. The second kappa shape index (κ2) is 8.89. The minimum atomic E-state index is -0.230. The van der Waals surface area contributed by atoms with Crippen molar-refractivity contribution in [2.75, 3.05) is 19.5 Å². The van der Waals surface area contributed by atoms with Crippen molar-refractivity contribution >= 4 is 17.5 Å². The van der Waals surface area contributed by atoms with Crippen LogP contribution in [0.2, 0.25) is 0 Å². The number of benzene rings is 2. The molecule has 0 saturated carbocycles. The molecule has 2 N–H and O–H groups in total. The van der Waals surface area contributed by atoms with E-state index in [1.54, 1.807) is 26.4 Å². The Morgan fingerprint density at radius 3 is 2.31 bits per heavy atom. The van der Waals surface area contributed by atoms with Crippen LogP contribution in [-0.4, -0.2) is 26.0 Å². The Morgan fingerprint density at radius 1 is 1.04 bits per heavy atom. The maximum atomic E-state index is 12.4. The molecule has 6 nitrogen and oxygen atoms in total. The van der Waals surface area contributed by atoms with E-state index >= 15 is 0 Å². The first-order chi connectivity index (χ1) is 12.4. The Balaban J connectivity index is 2.02. The van der Waals surface area contributed by atoms with Gasteiger partial charge in [-0.1, -0.05) is 12.1 Å². The Hall–Kier alpha value is -3.02. The number of anilines is 1. The maximum Gasteiger partial charge on any atom is 0.224 e. The molecule has 0 aliphatic rings. The van der Waals surface area contributed by atoms with Gasteiger partial charge in [-0.2, -0.15) is 0 Å². The highest BCUT2D eigenvalue weighted by atomic mass is 16.5. The zero-order valence-corrected chi connectivity index (χ0v) is 15.5. The van der Waals surface area contributed by atoms with Crippen LogP contribution in [0.25, 0.3) is 0 Å². The molecule has 2 rings (SSSR count). The van der Waals surface area contributed by atoms with Crippen molar-refractivity contribution in [3.63, 3.8) is 0 Å².